The molecular formula is C27H42N2O4. The number of esters is 1. The number of methoxy groups -OCH3 is 2. The van der Waals surface area contributed by atoms with Crippen molar-refractivity contribution in [3.63, 3.8) is 0 Å². The molecule has 0 radical (unpaired) electrons. The third-order valence-corrected chi connectivity index (χ3v) is 8.11. The third kappa shape index (κ3) is 5.32. The van der Waals surface area contributed by atoms with Gasteiger partial charge in [0.15, 0.2) is 11.5 Å². The Labute approximate surface area is 199 Å². The van der Waals surface area contributed by atoms with Gasteiger partial charge in [-0.25, -0.2) is 0 Å². The Balaban J connectivity index is 1.51. The van der Waals surface area contributed by atoms with Crippen molar-refractivity contribution in [3.05, 3.63) is 23.3 Å². The minimum absolute atomic E-state index is 0.0489. The summed E-state index contributed by atoms with van der Waals surface area (Å²) >= 11 is 0. The molecule has 3 aliphatic rings. The Morgan fingerprint density at radius 2 is 1.85 bits per heavy atom. The molecule has 0 aromatic heterocycles. The maximum absolute atomic E-state index is 12.9. The quantitative estimate of drug-likeness (QED) is 0.613. The van der Waals surface area contributed by atoms with Crippen LogP contribution in [0.1, 0.15) is 69.5 Å². The van der Waals surface area contributed by atoms with Crippen LogP contribution in [0.4, 0.5) is 0 Å². The SMILES string of the molecule is COc1cc2c(cc1OC)[C@H]1C[C@@H](COC(=O)[C@@H]3CCCC[C@H]3N)[C@H](CC(C)C)CN1CC2. The number of piperidine rings is 1. The van der Waals surface area contributed by atoms with Gasteiger partial charge in [0.2, 0.25) is 0 Å². The second kappa shape index (κ2) is 10.6. The van der Waals surface area contributed by atoms with Crippen molar-refractivity contribution in [2.45, 2.75) is 70.9 Å². The van der Waals surface area contributed by atoms with Gasteiger partial charge in [-0.1, -0.05) is 26.7 Å². The van der Waals surface area contributed by atoms with E-state index >= 15 is 0 Å². The number of ether oxygens (including phenoxy) is 3. The van der Waals surface area contributed by atoms with Crippen LogP contribution in [0.3, 0.4) is 0 Å². The smallest absolute Gasteiger partial charge is 0.310 e. The van der Waals surface area contributed by atoms with Gasteiger partial charge in [-0.2, -0.15) is 0 Å². The van der Waals surface area contributed by atoms with Crippen LogP contribution in [0.25, 0.3) is 0 Å². The molecule has 0 unspecified atom stereocenters. The van der Waals surface area contributed by atoms with Crippen LogP contribution in [0.5, 0.6) is 11.5 Å². The van der Waals surface area contributed by atoms with E-state index in [1.54, 1.807) is 14.2 Å². The number of carbonyl (C=O) groups is 1. The normalized spacial score (nSPS) is 29.8. The molecule has 0 spiro atoms. The fourth-order valence-electron chi connectivity index (χ4n) is 6.33. The van der Waals surface area contributed by atoms with Crippen LogP contribution >= 0.6 is 0 Å². The highest BCUT2D eigenvalue weighted by Crippen LogP contribution is 2.45. The van der Waals surface area contributed by atoms with E-state index in [1.807, 2.05) is 0 Å². The molecule has 0 amide bonds. The summed E-state index contributed by atoms with van der Waals surface area (Å²) in [5.41, 5.74) is 8.93. The molecule has 6 heteroatoms. The molecule has 1 saturated heterocycles. The molecule has 1 saturated carbocycles. The first-order valence-electron chi connectivity index (χ1n) is 12.8. The van der Waals surface area contributed by atoms with Gasteiger partial charge >= 0.3 is 5.97 Å². The van der Waals surface area contributed by atoms with E-state index in [-0.39, 0.29) is 17.9 Å². The first kappa shape index (κ1) is 24.3. The van der Waals surface area contributed by atoms with Gasteiger partial charge < -0.3 is 19.9 Å². The van der Waals surface area contributed by atoms with Crippen molar-refractivity contribution in [1.82, 2.24) is 4.90 Å². The van der Waals surface area contributed by atoms with Crippen LogP contribution in [0.15, 0.2) is 12.1 Å². The van der Waals surface area contributed by atoms with E-state index in [9.17, 15) is 4.79 Å². The van der Waals surface area contributed by atoms with E-state index < -0.39 is 0 Å². The van der Waals surface area contributed by atoms with Gasteiger partial charge in [0.05, 0.1) is 26.7 Å². The topological polar surface area (TPSA) is 74.0 Å². The lowest BCUT2D eigenvalue weighted by molar-refractivity contribution is -0.153. The van der Waals surface area contributed by atoms with Crippen molar-refractivity contribution in [1.29, 1.82) is 0 Å². The second-order valence-corrected chi connectivity index (χ2v) is 10.7. The summed E-state index contributed by atoms with van der Waals surface area (Å²) in [5.74, 6) is 2.90. The Bertz CT molecular complexity index is 827. The number of benzene rings is 1. The minimum Gasteiger partial charge on any atom is -0.493 e. The van der Waals surface area contributed by atoms with Crippen LogP contribution in [0, 0.1) is 23.7 Å². The fourth-order valence-corrected chi connectivity index (χ4v) is 6.33. The zero-order valence-electron chi connectivity index (χ0n) is 20.8. The Kier molecular flexibility index (Phi) is 7.85. The zero-order valence-corrected chi connectivity index (χ0v) is 20.8. The first-order chi connectivity index (χ1) is 15.9. The first-order valence-corrected chi connectivity index (χ1v) is 12.8. The minimum atomic E-state index is -0.130. The third-order valence-electron chi connectivity index (χ3n) is 8.11. The molecule has 6 nitrogen and oxygen atoms in total. The van der Waals surface area contributed by atoms with E-state index in [2.05, 4.69) is 30.9 Å². The molecule has 2 fully saturated rings. The average molecular weight is 459 g/mol. The van der Waals surface area contributed by atoms with Crippen LogP contribution < -0.4 is 15.2 Å². The van der Waals surface area contributed by atoms with Crippen molar-refractivity contribution >= 4 is 5.97 Å². The summed E-state index contributed by atoms with van der Waals surface area (Å²) in [4.78, 5) is 15.5. The maximum Gasteiger partial charge on any atom is 0.310 e. The van der Waals surface area contributed by atoms with Gasteiger partial charge in [-0.15, -0.1) is 0 Å². The molecule has 2 aliphatic heterocycles. The molecule has 4 rings (SSSR count). The standard InChI is InChI=1S/C27H42N2O4/c1-17(2)11-19-15-29-10-9-18-13-25(31-3)26(32-4)14-22(18)24(29)12-20(19)16-33-27(30)21-7-5-6-8-23(21)28/h13-14,17,19-21,23-24H,5-12,15-16,28H2,1-4H3/t19-,20+,21-,23-,24-/m1/s1. The zero-order chi connectivity index (χ0) is 23.5. The highest BCUT2D eigenvalue weighted by Gasteiger charge is 2.40. The molecule has 1 aromatic rings. The highest BCUT2D eigenvalue weighted by molar-refractivity contribution is 5.73. The predicted molar refractivity (Wildman–Crippen MR) is 130 cm³/mol. The number of carbonyl (C=O) groups excluding carboxylic acids is 1. The molecular weight excluding hydrogens is 416 g/mol. The van der Waals surface area contributed by atoms with Gasteiger partial charge in [0.1, 0.15) is 0 Å². The monoisotopic (exact) mass is 458 g/mol. The average Bonchev–Trinajstić information content (AvgIpc) is 2.81. The van der Waals surface area contributed by atoms with Crippen LogP contribution in [-0.4, -0.2) is 50.8 Å². The number of rotatable bonds is 7. The summed E-state index contributed by atoms with van der Waals surface area (Å²) in [6.07, 6.45) is 7.18. The molecule has 1 aliphatic carbocycles. The second-order valence-electron chi connectivity index (χ2n) is 10.7. The van der Waals surface area contributed by atoms with E-state index in [4.69, 9.17) is 19.9 Å². The fraction of sp³-hybridized carbons (Fsp3) is 0.741. The number of nitrogens with zero attached hydrogens (tertiary/aromatic N) is 1. The van der Waals surface area contributed by atoms with Gasteiger partial charge in [-0.05, 0) is 73.1 Å². The Morgan fingerprint density at radius 1 is 1.12 bits per heavy atom. The van der Waals surface area contributed by atoms with Crippen molar-refractivity contribution in [3.8, 4) is 11.5 Å². The summed E-state index contributed by atoms with van der Waals surface area (Å²) in [6.45, 7) is 7.21. The molecule has 2 heterocycles. The lowest BCUT2D eigenvalue weighted by Crippen LogP contribution is -2.47. The number of hydrogen-bond donors (Lipinski definition) is 1. The molecule has 33 heavy (non-hydrogen) atoms. The van der Waals surface area contributed by atoms with Gasteiger partial charge in [0.25, 0.3) is 0 Å². The van der Waals surface area contributed by atoms with Crippen molar-refractivity contribution in [2.24, 2.45) is 29.4 Å². The lowest BCUT2D eigenvalue weighted by atomic mass is 9.74. The van der Waals surface area contributed by atoms with E-state index in [1.165, 1.54) is 11.1 Å². The van der Waals surface area contributed by atoms with Crippen LogP contribution in [0.2, 0.25) is 0 Å². The van der Waals surface area contributed by atoms with Gasteiger partial charge in [-0.3, -0.25) is 9.69 Å². The lowest BCUT2D eigenvalue weighted by Gasteiger charge is -2.47. The van der Waals surface area contributed by atoms with Gasteiger partial charge in [0, 0.05) is 25.2 Å². The Morgan fingerprint density at radius 3 is 2.55 bits per heavy atom. The molecule has 5 atom stereocenters. The highest BCUT2D eigenvalue weighted by atomic mass is 16.5. The summed E-state index contributed by atoms with van der Waals surface area (Å²) in [5, 5.41) is 0. The van der Waals surface area contributed by atoms with Crippen LogP contribution in [-0.2, 0) is 16.0 Å². The van der Waals surface area contributed by atoms with Crippen molar-refractivity contribution in [2.75, 3.05) is 33.9 Å². The molecule has 2 N–H and O–H groups in total. The van der Waals surface area contributed by atoms with E-state index in [0.717, 1.165) is 69.5 Å². The Hall–Kier alpha value is -1.79. The molecule has 0 bridgehead atoms. The summed E-state index contributed by atoms with van der Waals surface area (Å²) in [7, 11) is 3.39. The largest absolute Gasteiger partial charge is 0.493 e. The van der Waals surface area contributed by atoms with Crippen molar-refractivity contribution < 1.29 is 19.0 Å². The molecule has 184 valence electrons. The number of nitrogens with two attached hydrogens (primary N) is 1. The molecule has 1 aromatic carbocycles. The summed E-state index contributed by atoms with van der Waals surface area (Å²) in [6, 6.07) is 4.59. The number of fused-ring (bicyclic) bond motifs is 3. The summed E-state index contributed by atoms with van der Waals surface area (Å²) < 4.78 is 17.1. The maximum atomic E-state index is 12.9. The predicted octanol–water partition coefficient (Wildman–Crippen LogP) is 4.35. The van der Waals surface area contributed by atoms with E-state index in [0.29, 0.717) is 30.4 Å². The number of hydrogen-bond acceptors (Lipinski definition) is 6.